The number of carboxylic acids is 1. The molecule has 2 saturated heterocycles. The van der Waals surface area contributed by atoms with E-state index in [-0.39, 0.29) is 23.6 Å². The minimum atomic E-state index is -1.27. The van der Waals surface area contributed by atoms with Crippen molar-refractivity contribution >= 4 is 41.4 Å². The highest BCUT2D eigenvalue weighted by molar-refractivity contribution is 8.01. The van der Waals surface area contributed by atoms with Gasteiger partial charge in [-0.1, -0.05) is 12.1 Å². The largest absolute Gasteiger partial charge is 0.508 e. The average molecular weight is 559 g/mol. The maximum Gasteiger partial charge on any atom is 0.340 e. The number of benzene rings is 1. The van der Waals surface area contributed by atoms with Crippen LogP contribution < -0.4 is 10.6 Å². The minimum absolute atomic E-state index is 0.0479. The van der Waals surface area contributed by atoms with Gasteiger partial charge in [-0.25, -0.2) is 9.59 Å². The molecule has 13 heteroatoms. The molecule has 0 spiro atoms. The Balaban J connectivity index is 1.58. The molecular formula is C26H30N4O8S. The van der Waals surface area contributed by atoms with E-state index in [1.807, 2.05) is 0 Å². The summed E-state index contributed by atoms with van der Waals surface area (Å²) in [6.07, 6.45) is 0. The Kier molecular flexibility index (Phi) is 7.39. The van der Waals surface area contributed by atoms with Gasteiger partial charge in [0.2, 0.25) is 11.8 Å². The van der Waals surface area contributed by atoms with Crippen molar-refractivity contribution in [1.29, 1.82) is 0 Å². The number of aromatic nitrogens is 1. The molecule has 1 aromatic heterocycles. The zero-order valence-electron chi connectivity index (χ0n) is 22.0. The smallest absolute Gasteiger partial charge is 0.340 e. The molecule has 39 heavy (non-hydrogen) atoms. The van der Waals surface area contributed by atoms with Crippen LogP contribution in [-0.2, 0) is 19.1 Å². The highest BCUT2D eigenvalue weighted by Gasteiger charge is 2.64. The van der Waals surface area contributed by atoms with E-state index in [9.17, 15) is 34.2 Å². The third-order valence-electron chi connectivity index (χ3n) is 6.88. The Hall–Kier alpha value is -4.00. The van der Waals surface area contributed by atoms with E-state index in [1.54, 1.807) is 34.6 Å². The molecule has 2 aliphatic rings. The Morgan fingerprint density at radius 3 is 2.41 bits per heavy atom. The lowest BCUT2D eigenvalue weighted by Gasteiger charge is -2.44. The van der Waals surface area contributed by atoms with Crippen LogP contribution in [0.15, 0.2) is 24.3 Å². The molecule has 1 unspecified atom stereocenters. The third-order valence-corrected chi connectivity index (χ3v) is 8.45. The summed E-state index contributed by atoms with van der Waals surface area (Å²) in [5, 5.41) is 24.1. The summed E-state index contributed by atoms with van der Waals surface area (Å²) in [5.74, 6) is -3.65. The monoisotopic (exact) mass is 558 g/mol. The number of amides is 3. The first-order chi connectivity index (χ1) is 18.3. The van der Waals surface area contributed by atoms with Crippen LogP contribution in [0.1, 0.15) is 64.5 Å². The van der Waals surface area contributed by atoms with E-state index in [0.717, 1.165) is 0 Å². The van der Waals surface area contributed by atoms with Crippen LogP contribution in [0.2, 0.25) is 0 Å². The number of hydrogen-bond donors (Lipinski definition) is 5. The van der Waals surface area contributed by atoms with Gasteiger partial charge >= 0.3 is 11.9 Å². The number of carbonyl (C=O) groups is 5. The molecule has 0 aliphatic carbocycles. The molecule has 208 valence electrons. The molecule has 4 rings (SSSR count). The number of aromatic amines is 1. The van der Waals surface area contributed by atoms with E-state index in [4.69, 9.17) is 4.74 Å². The molecule has 1 aromatic carbocycles. The number of aryl methyl sites for hydroxylation is 1. The summed E-state index contributed by atoms with van der Waals surface area (Å²) in [5.41, 5.74) is 1.40. The molecule has 2 fully saturated rings. The molecule has 5 N–H and O–H groups in total. The number of ether oxygens (including phenoxy) is 1. The molecule has 12 nitrogen and oxygen atoms in total. The van der Waals surface area contributed by atoms with Crippen molar-refractivity contribution in [3.8, 4) is 5.75 Å². The molecule has 2 aliphatic heterocycles. The second-order valence-electron chi connectivity index (χ2n) is 9.93. The van der Waals surface area contributed by atoms with Crippen LogP contribution in [0.25, 0.3) is 0 Å². The van der Waals surface area contributed by atoms with Gasteiger partial charge in [0, 0.05) is 10.4 Å². The van der Waals surface area contributed by atoms with E-state index < -0.39 is 57.9 Å². The number of β-lactam (4-membered cyclic amide) rings is 1. The van der Waals surface area contributed by atoms with Crippen molar-refractivity contribution in [2.75, 3.05) is 6.61 Å². The molecule has 0 bridgehead atoms. The predicted molar refractivity (Wildman–Crippen MR) is 140 cm³/mol. The maximum absolute atomic E-state index is 13.5. The van der Waals surface area contributed by atoms with E-state index >= 15 is 0 Å². The summed E-state index contributed by atoms with van der Waals surface area (Å²) < 4.78 is 4.31. The standard InChI is InChI=1S/C26H30N4O8S/c1-6-38-25(37)15-11(2)16(27-12(15)3)20(32)28-17(13-7-9-14(31)10-8-13)21(33)29-18-22(34)30-19(24(35)36)26(4,5)39-23(18)30/h7-10,17-19,23,27,31H,6H2,1-5H3,(H,28,32)(H,29,33)(H,35,36)/t17?,18-,19+,23-/m1/s1. The fourth-order valence-electron chi connectivity index (χ4n) is 5.04. The van der Waals surface area contributed by atoms with Crippen molar-refractivity contribution in [1.82, 2.24) is 20.5 Å². The zero-order valence-corrected chi connectivity index (χ0v) is 22.8. The first kappa shape index (κ1) is 28.0. The molecule has 2 aromatic rings. The van der Waals surface area contributed by atoms with E-state index in [1.165, 1.54) is 40.9 Å². The summed E-state index contributed by atoms with van der Waals surface area (Å²) in [6, 6.07) is 2.34. The summed E-state index contributed by atoms with van der Waals surface area (Å²) in [7, 11) is 0. The number of nitrogens with one attached hydrogen (secondary N) is 3. The van der Waals surface area contributed by atoms with Crippen LogP contribution in [0, 0.1) is 13.8 Å². The summed E-state index contributed by atoms with van der Waals surface area (Å²) in [6.45, 7) is 8.49. The van der Waals surface area contributed by atoms with E-state index in [2.05, 4.69) is 15.6 Å². The van der Waals surface area contributed by atoms with Gasteiger partial charge in [0.05, 0.1) is 12.2 Å². The number of esters is 1. The highest BCUT2D eigenvalue weighted by atomic mass is 32.2. The van der Waals surface area contributed by atoms with Crippen LogP contribution in [0.5, 0.6) is 5.75 Å². The Labute approximate surface area is 228 Å². The number of H-pyrrole nitrogens is 1. The van der Waals surface area contributed by atoms with Gasteiger partial charge in [0.1, 0.15) is 34.9 Å². The number of phenols is 1. The Bertz CT molecular complexity index is 1350. The van der Waals surface area contributed by atoms with Crippen LogP contribution in [0.4, 0.5) is 0 Å². The minimum Gasteiger partial charge on any atom is -0.508 e. The number of rotatable bonds is 8. The van der Waals surface area contributed by atoms with Gasteiger partial charge in [-0.05, 0) is 57.9 Å². The Morgan fingerprint density at radius 1 is 1.18 bits per heavy atom. The number of aromatic hydroxyl groups is 1. The fourth-order valence-corrected chi connectivity index (χ4v) is 6.66. The highest BCUT2D eigenvalue weighted by Crippen LogP contribution is 2.50. The number of carbonyl (C=O) groups excluding carboxylic acids is 4. The van der Waals surface area contributed by atoms with Crippen LogP contribution in [-0.4, -0.2) is 78.6 Å². The number of nitrogens with zero attached hydrogens (tertiary/aromatic N) is 1. The molecule has 3 amide bonds. The number of hydrogen-bond acceptors (Lipinski definition) is 8. The van der Waals surface area contributed by atoms with Gasteiger partial charge in [0.15, 0.2) is 0 Å². The number of phenolic OH excluding ortho intramolecular Hbond substituents is 1. The quantitative estimate of drug-likeness (QED) is 0.238. The molecule has 4 atom stereocenters. The average Bonchev–Trinajstić information content (AvgIpc) is 3.31. The lowest BCUT2D eigenvalue weighted by atomic mass is 9.95. The number of aliphatic carboxylic acids is 1. The Morgan fingerprint density at radius 2 is 1.82 bits per heavy atom. The second-order valence-corrected chi connectivity index (χ2v) is 11.7. The predicted octanol–water partition coefficient (Wildman–Crippen LogP) is 1.62. The van der Waals surface area contributed by atoms with Gasteiger partial charge < -0.3 is 35.5 Å². The van der Waals surface area contributed by atoms with E-state index in [0.29, 0.717) is 16.8 Å². The number of fused-ring (bicyclic) bond motifs is 1. The topological polar surface area (TPSA) is 178 Å². The maximum atomic E-state index is 13.5. The van der Waals surface area contributed by atoms with Gasteiger partial charge in [-0.15, -0.1) is 11.8 Å². The molecule has 0 radical (unpaired) electrons. The van der Waals surface area contributed by atoms with Crippen LogP contribution >= 0.6 is 11.8 Å². The lowest BCUT2D eigenvalue weighted by molar-refractivity contribution is -0.161. The summed E-state index contributed by atoms with van der Waals surface area (Å²) in [4.78, 5) is 68.0. The SMILES string of the molecule is CCOC(=O)c1c(C)[nH]c(C(=O)NC(C(=O)N[C@@H]2C(=O)N3[C@@H]2SC(C)(C)[C@@H]3C(=O)O)c2ccc(O)cc2)c1C. The first-order valence-electron chi connectivity index (χ1n) is 12.3. The third kappa shape index (κ3) is 4.93. The van der Waals surface area contributed by atoms with Crippen molar-refractivity contribution in [2.45, 2.75) is 62.9 Å². The summed E-state index contributed by atoms with van der Waals surface area (Å²) >= 11 is 1.28. The van der Waals surface area contributed by atoms with Gasteiger partial charge in [0.25, 0.3) is 5.91 Å². The normalized spacial score (nSPS) is 21.9. The zero-order chi connectivity index (χ0) is 28.8. The van der Waals surface area contributed by atoms with Gasteiger partial charge in [-0.3, -0.25) is 14.4 Å². The lowest BCUT2D eigenvalue weighted by Crippen LogP contribution is -2.71. The van der Waals surface area contributed by atoms with Crippen molar-refractivity contribution in [3.05, 3.63) is 52.3 Å². The second kappa shape index (κ2) is 10.3. The van der Waals surface area contributed by atoms with Crippen molar-refractivity contribution < 1.29 is 38.9 Å². The van der Waals surface area contributed by atoms with Gasteiger partial charge in [-0.2, -0.15) is 0 Å². The molecule has 3 heterocycles. The molecule has 0 saturated carbocycles. The van der Waals surface area contributed by atoms with Crippen molar-refractivity contribution in [2.24, 2.45) is 0 Å². The fraction of sp³-hybridized carbons (Fsp3) is 0.423. The number of thioether (sulfide) groups is 1. The first-order valence-corrected chi connectivity index (χ1v) is 13.2. The van der Waals surface area contributed by atoms with Crippen LogP contribution in [0.3, 0.4) is 0 Å². The number of carboxylic acid groups (broad SMARTS) is 1. The molecular weight excluding hydrogens is 528 g/mol. The van der Waals surface area contributed by atoms with Crippen molar-refractivity contribution in [3.63, 3.8) is 0 Å².